The number of aryl methyl sites for hydroxylation is 1. The van der Waals surface area contributed by atoms with E-state index in [-0.39, 0.29) is 0 Å². The number of fused-ring (bicyclic) bond motifs is 3. The van der Waals surface area contributed by atoms with Crippen LogP contribution >= 0.6 is 0 Å². The van der Waals surface area contributed by atoms with Gasteiger partial charge in [0.2, 0.25) is 0 Å². The SMILES string of the molecule is CC(C)c1ccc2c3c(n(C)c2c1)CCNC3. The number of rotatable bonds is 1. The quantitative estimate of drug-likeness (QED) is 0.794. The molecule has 0 radical (unpaired) electrons. The standard InChI is InChI=1S/C15H20N2/c1-10(2)11-4-5-12-13-9-16-7-6-14(13)17(3)15(12)8-11/h4-5,8,10,16H,6-7,9H2,1-3H3. The van der Waals surface area contributed by atoms with Crippen molar-refractivity contribution in [2.45, 2.75) is 32.7 Å². The van der Waals surface area contributed by atoms with Crippen molar-refractivity contribution in [3.63, 3.8) is 0 Å². The lowest BCUT2D eigenvalue weighted by Gasteiger charge is -2.14. The summed E-state index contributed by atoms with van der Waals surface area (Å²) in [6, 6.07) is 6.94. The van der Waals surface area contributed by atoms with E-state index in [4.69, 9.17) is 0 Å². The summed E-state index contributed by atoms with van der Waals surface area (Å²) in [5.41, 5.74) is 5.84. The predicted octanol–water partition coefficient (Wildman–Crippen LogP) is 2.95. The van der Waals surface area contributed by atoms with Crippen molar-refractivity contribution < 1.29 is 0 Å². The molecule has 1 aliphatic heterocycles. The third-order valence-corrected chi connectivity index (χ3v) is 3.97. The number of hydrogen-bond acceptors (Lipinski definition) is 1. The van der Waals surface area contributed by atoms with E-state index in [1.165, 1.54) is 27.7 Å². The summed E-state index contributed by atoms with van der Waals surface area (Å²) < 4.78 is 2.39. The molecule has 3 rings (SSSR count). The number of benzene rings is 1. The second kappa shape index (κ2) is 3.88. The molecular weight excluding hydrogens is 208 g/mol. The molecule has 0 saturated carbocycles. The van der Waals surface area contributed by atoms with Gasteiger partial charge in [-0.25, -0.2) is 0 Å². The van der Waals surface area contributed by atoms with E-state index in [2.05, 4.69) is 49.0 Å². The van der Waals surface area contributed by atoms with Crippen LogP contribution in [-0.4, -0.2) is 11.1 Å². The second-order valence-electron chi connectivity index (χ2n) is 5.34. The molecule has 0 aliphatic carbocycles. The molecular formula is C15H20N2. The van der Waals surface area contributed by atoms with E-state index in [0.717, 1.165) is 19.5 Å². The van der Waals surface area contributed by atoms with Crippen molar-refractivity contribution >= 4 is 10.9 Å². The van der Waals surface area contributed by atoms with Crippen LogP contribution < -0.4 is 5.32 Å². The lowest BCUT2D eigenvalue weighted by atomic mass is 10.00. The molecule has 1 aromatic heterocycles. The summed E-state index contributed by atoms with van der Waals surface area (Å²) in [6.45, 7) is 6.64. The molecule has 0 unspecified atom stereocenters. The van der Waals surface area contributed by atoms with Gasteiger partial charge in [0.15, 0.2) is 0 Å². The molecule has 0 spiro atoms. The average molecular weight is 228 g/mol. The highest BCUT2D eigenvalue weighted by atomic mass is 15.0. The normalized spacial score (nSPS) is 15.5. The van der Waals surface area contributed by atoms with Crippen LogP contribution in [-0.2, 0) is 20.0 Å². The fraction of sp³-hybridized carbons (Fsp3) is 0.467. The molecule has 0 bridgehead atoms. The van der Waals surface area contributed by atoms with Gasteiger partial charge < -0.3 is 9.88 Å². The van der Waals surface area contributed by atoms with Crippen LogP contribution in [0.2, 0.25) is 0 Å². The largest absolute Gasteiger partial charge is 0.347 e. The zero-order valence-electron chi connectivity index (χ0n) is 10.9. The minimum absolute atomic E-state index is 0.601. The summed E-state index contributed by atoms with van der Waals surface area (Å²) in [5.74, 6) is 0.601. The third kappa shape index (κ3) is 1.59. The van der Waals surface area contributed by atoms with Crippen LogP contribution in [0.3, 0.4) is 0 Å². The van der Waals surface area contributed by atoms with Gasteiger partial charge >= 0.3 is 0 Å². The van der Waals surface area contributed by atoms with Gasteiger partial charge in [0.1, 0.15) is 0 Å². The van der Waals surface area contributed by atoms with Gasteiger partial charge in [-0.1, -0.05) is 26.0 Å². The molecule has 0 atom stereocenters. The van der Waals surface area contributed by atoms with Gasteiger partial charge in [0.05, 0.1) is 0 Å². The van der Waals surface area contributed by atoms with Crippen molar-refractivity contribution in [3.05, 3.63) is 35.0 Å². The fourth-order valence-corrected chi connectivity index (χ4v) is 2.88. The Morgan fingerprint density at radius 2 is 2.12 bits per heavy atom. The lowest BCUT2D eigenvalue weighted by molar-refractivity contribution is 0.622. The Balaban J connectivity index is 2.27. The smallest absolute Gasteiger partial charge is 0.0486 e. The van der Waals surface area contributed by atoms with Crippen LogP contribution in [0, 0.1) is 0 Å². The second-order valence-corrected chi connectivity index (χ2v) is 5.34. The van der Waals surface area contributed by atoms with Crippen molar-refractivity contribution in [2.24, 2.45) is 7.05 Å². The molecule has 0 amide bonds. The molecule has 2 heterocycles. The van der Waals surface area contributed by atoms with Crippen LogP contribution in [0.5, 0.6) is 0 Å². The molecule has 90 valence electrons. The third-order valence-electron chi connectivity index (χ3n) is 3.97. The first-order valence-corrected chi connectivity index (χ1v) is 6.49. The van der Waals surface area contributed by atoms with Crippen LogP contribution in [0.4, 0.5) is 0 Å². The highest BCUT2D eigenvalue weighted by Crippen LogP contribution is 2.30. The molecule has 17 heavy (non-hydrogen) atoms. The van der Waals surface area contributed by atoms with E-state index in [0.29, 0.717) is 5.92 Å². The van der Waals surface area contributed by atoms with Crippen molar-refractivity contribution in [1.82, 2.24) is 9.88 Å². The predicted molar refractivity (Wildman–Crippen MR) is 72.4 cm³/mol. The molecule has 1 aromatic carbocycles. The van der Waals surface area contributed by atoms with Crippen LogP contribution in [0.15, 0.2) is 18.2 Å². The summed E-state index contributed by atoms with van der Waals surface area (Å²) in [5, 5.41) is 4.90. The Morgan fingerprint density at radius 1 is 1.29 bits per heavy atom. The fourth-order valence-electron chi connectivity index (χ4n) is 2.88. The lowest BCUT2D eigenvalue weighted by Crippen LogP contribution is -2.24. The number of hydrogen-bond donors (Lipinski definition) is 1. The van der Waals surface area contributed by atoms with Crippen LogP contribution in [0.1, 0.15) is 36.6 Å². The van der Waals surface area contributed by atoms with E-state index in [1.54, 1.807) is 0 Å². The zero-order valence-corrected chi connectivity index (χ0v) is 10.9. The van der Waals surface area contributed by atoms with Gasteiger partial charge in [0.25, 0.3) is 0 Å². The van der Waals surface area contributed by atoms with Gasteiger partial charge in [-0.05, 0) is 23.1 Å². The van der Waals surface area contributed by atoms with Crippen molar-refractivity contribution in [2.75, 3.05) is 6.54 Å². The molecule has 1 N–H and O–H groups in total. The Bertz CT molecular complexity index is 564. The Kier molecular flexibility index (Phi) is 2.48. The number of nitrogens with one attached hydrogen (secondary N) is 1. The number of aromatic nitrogens is 1. The minimum atomic E-state index is 0.601. The summed E-state index contributed by atoms with van der Waals surface area (Å²) >= 11 is 0. The monoisotopic (exact) mass is 228 g/mol. The summed E-state index contributed by atoms with van der Waals surface area (Å²) in [6.07, 6.45) is 1.15. The summed E-state index contributed by atoms with van der Waals surface area (Å²) in [7, 11) is 2.20. The van der Waals surface area contributed by atoms with Crippen molar-refractivity contribution in [1.29, 1.82) is 0 Å². The Labute approximate surface area is 103 Å². The molecule has 2 aromatic rings. The topological polar surface area (TPSA) is 17.0 Å². The van der Waals surface area contributed by atoms with E-state index in [1.807, 2.05) is 0 Å². The maximum Gasteiger partial charge on any atom is 0.0486 e. The molecule has 0 fully saturated rings. The maximum atomic E-state index is 3.47. The maximum absolute atomic E-state index is 3.47. The highest BCUT2D eigenvalue weighted by molar-refractivity contribution is 5.86. The molecule has 1 aliphatic rings. The van der Waals surface area contributed by atoms with Crippen LogP contribution in [0.25, 0.3) is 10.9 Å². The summed E-state index contributed by atoms with van der Waals surface area (Å²) in [4.78, 5) is 0. The highest BCUT2D eigenvalue weighted by Gasteiger charge is 2.18. The molecule has 2 heteroatoms. The zero-order chi connectivity index (χ0) is 12.0. The first-order valence-electron chi connectivity index (χ1n) is 6.49. The minimum Gasteiger partial charge on any atom is -0.347 e. The van der Waals surface area contributed by atoms with Crippen molar-refractivity contribution in [3.8, 4) is 0 Å². The van der Waals surface area contributed by atoms with E-state index < -0.39 is 0 Å². The van der Waals surface area contributed by atoms with Gasteiger partial charge in [-0.2, -0.15) is 0 Å². The van der Waals surface area contributed by atoms with E-state index in [9.17, 15) is 0 Å². The van der Waals surface area contributed by atoms with E-state index >= 15 is 0 Å². The molecule has 2 nitrogen and oxygen atoms in total. The first-order chi connectivity index (χ1) is 8.18. The van der Waals surface area contributed by atoms with Gasteiger partial charge in [-0.3, -0.25) is 0 Å². The number of nitrogens with zero attached hydrogens (tertiary/aromatic N) is 1. The van der Waals surface area contributed by atoms with Gasteiger partial charge in [0, 0.05) is 43.2 Å². The Hall–Kier alpha value is -1.28. The molecule has 0 saturated heterocycles. The Morgan fingerprint density at radius 3 is 2.88 bits per heavy atom. The average Bonchev–Trinajstić information content (AvgIpc) is 2.64. The first kappa shape index (κ1) is 10.8. The van der Waals surface area contributed by atoms with Gasteiger partial charge in [-0.15, -0.1) is 0 Å².